The Hall–Kier alpha value is -1.08. The Morgan fingerprint density at radius 2 is 0.575 bits per heavy atom. The minimum Gasteiger partial charge on any atom is -0.358 e. The summed E-state index contributed by atoms with van der Waals surface area (Å²) in [5, 5.41) is 6.19. The summed E-state index contributed by atoms with van der Waals surface area (Å²) in [5.41, 5.74) is 1.79. The average molecular weight is 701 g/mol. The van der Waals surface area contributed by atoms with E-state index in [9.17, 15) is 0 Å². The van der Waals surface area contributed by atoms with Crippen molar-refractivity contribution in [3.63, 3.8) is 0 Å². The molecular formula is C36H44FeP2Pd+2. The van der Waals surface area contributed by atoms with Gasteiger partial charge >= 0.3 is 37.5 Å². The van der Waals surface area contributed by atoms with Crippen LogP contribution in [-0.4, -0.2) is 11.3 Å². The van der Waals surface area contributed by atoms with Crippen molar-refractivity contribution in [2.45, 2.75) is 62.7 Å². The van der Waals surface area contributed by atoms with Crippen LogP contribution in [0.5, 0.6) is 0 Å². The zero-order valence-corrected chi connectivity index (χ0v) is 28.4. The molecule has 0 spiro atoms. The average Bonchev–Trinajstić information content (AvgIpc) is 3.68. The monoisotopic (exact) mass is 700 g/mol. The predicted octanol–water partition coefficient (Wildman–Crippen LogP) is 9.02. The third-order valence-electron chi connectivity index (χ3n) is 7.52. The van der Waals surface area contributed by atoms with E-state index in [2.05, 4.69) is 121 Å². The second-order valence-corrected chi connectivity index (χ2v) is 15.0. The van der Waals surface area contributed by atoms with Gasteiger partial charge in [0.25, 0.3) is 0 Å². The van der Waals surface area contributed by atoms with Gasteiger partial charge in [-0.25, -0.2) is 0 Å². The second-order valence-electron chi connectivity index (χ2n) is 9.96. The van der Waals surface area contributed by atoms with E-state index in [0.29, 0.717) is 0 Å². The zero-order chi connectivity index (χ0) is 24.4. The third kappa shape index (κ3) is 10.0. The van der Waals surface area contributed by atoms with Crippen LogP contribution in [0.4, 0.5) is 0 Å². The van der Waals surface area contributed by atoms with Crippen molar-refractivity contribution in [2.75, 3.05) is 0 Å². The van der Waals surface area contributed by atoms with E-state index in [4.69, 9.17) is 0 Å². The molecular weight excluding hydrogens is 657 g/mol. The molecule has 0 nitrogen and oxygen atoms in total. The van der Waals surface area contributed by atoms with E-state index < -0.39 is 0 Å². The number of benzene rings is 4. The van der Waals surface area contributed by atoms with Crippen molar-refractivity contribution in [3.8, 4) is 0 Å². The molecule has 0 saturated heterocycles. The molecule has 2 fully saturated rings. The van der Waals surface area contributed by atoms with Crippen LogP contribution < -0.4 is 21.2 Å². The summed E-state index contributed by atoms with van der Waals surface area (Å²) < 4.78 is 0. The molecule has 0 aromatic heterocycles. The van der Waals surface area contributed by atoms with Gasteiger partial charge in [-0.1, -0.05) is 147 Å². The maximum absolute atomic E-state index is 2.32. The first-order valence-electron chi connectivity index (χ1n) is 13.7. The second kappa shape index (κ2) is 19.9. The van der Waals surface area contributed by atoms with Crippen LogP contribution in [0.15, 0.2) is 121 Å². The molecule has 2 aliphatic carbocycles. The van der Waals surface area contributed by atoms with Crippen molar-refractivity contribution in [3.05, 3.63) is 136 Å². The van der Waals surface area contributed by atoms with Crippen LogP contribution in [0.1, 0.15) is 51.4 Å². The Labute approximate surface area is 271 Å². The first kappa shape index (κ1) is 36.9. The molecule has 4 aromatic rings. The van der Waals surface area contributed by atoms with Gasteiger partial charge in [0.2, 0.25) is 0 Å². The standard InChI is InChI=1S/2C17H19P.2CH3.Fe.Pd/c2*1-3-9-15(10-4-1)18(17-13-7-8-14-17)16-11-5-2-6-12-16;;;;/h2*1-6,9-12,17H,7-8,13-14H2;2*1H3;;/q;;2*-1;2*+2. The smallest absolute Gasteiger partial charge is 0.358 e. The molecule has 0 radical (unpaired) electrons. The summed E-state index contributed by atoms with van der Waals surface area (Å²) >= 11 is 0. The van der Waals surface area contributed by atoms with Gasteiger partial charge in [-0.05, 0) is 74.1 Å². The van der Waals surface area contributed by atoms with Gasteiger partial charge in [0, 0.05) is 0 Å². The zero-order valence-electron chi connectivity index (χ0n) is 23.9. The molecule has 214 valence electrons. The summed E-state index contributed by atoms with van der Waals surface area (Å²) in [5.74, 6) is 0. The van der Waals surface area contributed by atoms with Gasteiger partial charge in [-0.2, -0.15) is 0 Å². The summed E-state index contributed by atoms with van der Waals surface area (Å²) in [4.78, 5) is 0. The molecule has 6 rings (SSSR count). The topological polar surface area (TPSA) is 0 Å². The third-order valence-corrected chi connectivity index (χ3v) is 13.4. The molecule has 0 atom stereocenters. The van der Waals surface area contributed by atoms with E-state index in [1.165, 1.54) is 51.4 Å². The fraction of sp³-hybridized carbons (Fsp3) is 0.278. The fourth-order valence-corrected chi connectivity index (χ4v) is 11.8. The van der Waals surface area contributed by atoms with Gasteiger partial charge in [-0.3, -0.25) is 0 Å². The minimum atomic E-state index is -0.152. The van der Waals surface area contributed by atoms with Crippen LogP contribution in [0, 0.1) is 14.9 Å². The van der Waals surface area contributed by atoms with Crippen LogP contribution in [0.3, 0.4) is 0 Å². The van der Waals surface area contributed by atoms with E-state index in [1.54, 1.807) is 21.2 Å². The Morgan fingerprint density at radius 3 is 0.775 bits per heavy atom. The number of hydrogen-bond donors (Lipinski definition) is 0. The summed E-state index contributed by atoms with van der Waals surface area (Å²) in [6.45, 7) is 0. The Morgan fingerprint density at radius 1 is 0.375 bits per heavy atom. The summed E-state index contributed by atoms with van der Waals surface area (Å²) in [6, 6.07) is 44.5. The quantitative estimate of drug-likeness (QED) is 0.107. The maximum Gasteiger partial charge on any atom is 2.00 e. The van der Waals surface area contributed by atoms with E-state index in [-0.39, 0.29) is 68.2 Å². The largest absolute Gasteiger partial charge is 2.00 e. The normalized spacial score (nSPS) is 14.7. The van der Waals surface area contributed by atoms with Crippen molar-refractivity contribution in [1.82, 2.24) is 0 Å². The van der Waals surface area contributed by atoms with Crippen molar-refractivity contribution < 1.29 is 37.5 Å². The SMILES string of the molecule is [CH3-].[CH3-].[Fe+2].[Pd+2].c1ccc(P(c2ccccc2)C2CCCC2)cc1.c1ccc(P(c2ccccc2)C2CCCC2)cc1. The maximum atomic E-state index is 2.32. The molecule has 4 heteroatoms. The molecule has 0 bridgehead atoms. The van der Waals surface area contributed by atoms with E-state index in [1.807, 2.05) is 0 Å². The summed E-state index contributed by atoms with van der Waals surface area (Å²) in [6.07, 6.45) is 11.3. The number of rotatable bonds is 6. The van der Waals surface area contributed by atoms with Gasteiger partial charge in [0.05, 0.1) is 0 Å². The molecule has 40 heavy (non-hydrogen) atoms. The van der Waals surface area contributed by atoms with Crippen molar-refractivity contribution in [1.29, 1.82) is 0 Å². The van der Waals surface area contributed by atoms with Crippen molar-refractivity contribution in [2.24, 2.45) is 0 Å². The van der Waals surface area contributed by atoms with E-state index in [0.717, 1.165) is 11.3 Å². The number of hydrogen-bond acceptors (Lipinski definition) is 0. The molecule has 0 amide bonds. The first-order chi connectivity index (χ1) is 17.9. The van der Waals surface area contributed by atoms with Gasteiger partial charge in [-0.15, -0.1) is 0 Å². The molecule has 2 saturated carbocycles. The Balaban J connectivity index is 0.000000364. The predicted molar refractivity (Wildman–Crippen MR) is 175 cm³/mol. The molecule has 0 heterocycles. The van der Waals surface area contributed by atoms with Gasteiger partial charge < -0.3 is 14.9 Å². The molecule has 0 N–H and O–H groups in total. The Kier molecular flexibility index (Phi) is 18.4. The first-order valence-corrected chi connectivity index (χ1v) is 16.5. The van der Waals surface area contributed by atoms with Crippen LogP contribution in [-0.2, 0) is 37.5 Å². The van der Waals surface area contributed by atoms with Gasteiger partial charge in [0.15, 0.2) is 0 Å². The molecule has 2 aliphatic rings. The molecule has 0 aliphatic heterocycles. The summed E-state index contributed by atoms with van der Waals surface area (Å²) in [7, 11) is -0.304. The van der Waals surface area contributed by atoms with Crippen LogP contribution >= 0.6 is 15.8 Å². The van der Waals surface area contributed by atoms with E-state index >= 15 is 0 Å². The Bertz CT molecular complexity index is 973. The van der Waals surface area contributed by atoms with Crippen LogP contribution in [0.2, 0.25) is 0 Å². The molecule has 4 aromatic carbocycles. The molecule has 0 unspecified atom stereocenters. The van der Waals surface area contributed by atoms with Crippen molar-refractivity contribution >= 4 is 37.1 Å². The fourth-order valence-electron chi connectivity index (χ4n) is 5.82. The minimum absolute atomic E-state index is 0. The van der Waals surface area contributed by atoms with Gasteiger partial charge in [0.1, 0.15) is 0 Å². The van der Waals surface area contributed by atoms with Crippen LogP contribution in [0.25, 0.3) is 0 Å².